The SMILES string of the molecule is N[C@@H](CCC(=O)N[C@@H](CCC(=O)N[C@@H](CSC(CC(=O)O)C(=O)O)C(=O)NCC(=O)O)C(=O)O)C(=O)O. The van der Waals surface area contributed by atoms with E-state index in [1.807, 2.05) is 5.32 Å². The first-order valence-corrected chi connectivity index (χ1v) is 11.5. The highest BCUT2D eigenvalue weighted by atomic mass is 32.2. The van der Waals surface area contributed by atoms with E-state index >= 15 is 0 Å². The molecule has 0 spiro atoms. The predicted molar refractivity (Wildman–Crippen MR) is 122 cm³/mol. The van der Waals surface area contributed by atoms with Gasteiger partial charge in [-0.1, -0.05) is 0 Å². The Morgan fingerprint density at radius 1 is 0.703 bits per heavy atom. The van der Waals surface area contributed by atoms with Gasteiger partial charge in [0.1, 0.15) is 29.9 Å². The van der Waals surface area contributed by atoms with Crippen molar-refractivity contribution in [2.75, 3.05) is 12.3 Å². The molecule has 0 aliphatic rings. The molecule has 0 saturated heterocycles. The fourth-order valence-electron chi connectivity index (χ4n) is 2.53. The summed E-state index contributed by atoms with van der Waals surface area (Å²) in [5.41, 5.74) is 5.27. The fourth-order valence-corrected chi connectivity index (χ4v) is 3.60. The summed E-state index contributed by atoms with van der Waals surface area (Å²) < 4.78 is 0. The minimum atomic E-state index is -1.56. The van der Waals surface area contributed by atoms with Crippen LogP contribution < -0.4 is 21.7 Å². The van der Waals surface area contributed by atoms with Crippen molar-refractivity contribution in [2.45, 2.75) is 55.5 Å². The maximum Gasteiger partial charge on any atom is 0.326 e. The monoisotopic (exact) mass is 552 g/mol. The van der Waals surface area contributed by atoms with Gasteiger partial charge in [-0.3, -0.25) is 33.6 Å². The Hall–Kier alpha value is -3.93. The molecule has 18 heteroatoms. The molecule has 4 atom stereocenters. The van der Waals surface area contributed by atoms with Gasteiger partial charge in [-0.05, 0) is 12.8 Å². The third kappa shape index (κ3) is 14.9. The molecule has 10 N–H and O–H groups in total. The number of carboxylic acid groups (broad SMARTS) is 5. The molecule has 0 saturated carbocycles. The van der Waals surface area contributed by atoms with Crippen LogP contribution in [0.2, 0.25) is 0 Å². The maximum atomic E-state index is 12.3. The van der Waals surface area contributed by atoms with Gasteiger partial charge >= 0.3 is 29.8 Å². The third-order valence-corrected chi connectivity index (χ3v) is 5.75. The van der Waals surface area contributed by atoms with E-state index < -0.39 is 109 Å². The second kappa shape index (κ2) is 16.7. The van der Waals surface area contributed by atoms with Crippen LogP contribution in [-0.4, -0.2) is 109 Å². The van der Waals surface area contributed by atoms with Crippen molar-refractivity contribution in [1.82, 2.24) is 16.0 Å². The number of hydrogen-bond donors (Lipinski definition) is 9. The van der Waals surface area contributed by atoms with E-state index in [9.17, 15) is 43.5 Å². The van der Waals surface area contributed by atoms with Gasteiger partial charge in [0.05, 0.1) is 6.42 Å². The lowest BCUT2D eigenvalue weighted by Gasteiger charge is -2.20. The third-order valence-electron chi connectivity index (χ3n) is 4.46. The van der Waals surface area contributed by atoms with Crippen LogP contribution >= 0.6 is 11.8 Å². The summed E-state index contributed by atoms with van der Waals surface area (Å²) in [6.45, 7) is -0.827. The van der Waals surface area contributed by atoms with Crippen LogP contribution in [0.4, 0.5) is 0 Å². The van der Waals surface area contributed by atoms with Gasteiger partial charge in [-0.2, -0.15) is 0 Å². The van der Waals surface area contributed by atoms with Crippen LogP contribution in [0.3, 0.4) is 0 Å². The molecule has 0 aromatic rings. The van der Waals surface area contributed by atoms with Crippen molar-refractivity contribution < 1.29 is 63.9 Å². The van der Waals surface area contributed by atoms with Crippen LogP contribution in [-0.2, 0) is 38.4 Å². The maximum absolute atomic E-state index is 12.3. The lowest BCUT2D eigenvalue weighted by atomic mass is 10.1. The summed E-state index contributed by atoms with van der Waals surface area (Å²) in [4.78, 5) is 91.4. The van der Waals surface area contributed by atoms with Gasteiger partial charge in [-0.25, -0.2) is 4.79 Å². The number of aliphatic carboxylic acids is 5. The zero-order valence-electron chi connectivity index (χ0n) is 19.2. The Balaban J connectivity index is 5.15. The number of carbonyl (C=O) groups excluding carboxylic acids is 3. The molecule has 0 rings (SSSR count). The van der Waals surface area contributed by atoms with Gasteiger partial charge in [0, 0.05) is 18.6 Å². The standard InChI is InChI=1S/C19H28N4O13S/c20-8(17(31)32)1-3-12(24)22-9(18(33)34)2-4-13(25)23-10(16(30)21-6-15(28)29)7-37-11(19(35)36)5-14(26)27/h8-11H,1-7,20H2,(H,21,30)(H,22,24)(H,23,25)(H,26,27)(H,28,29)(H,31,32)(H,33,34)(H,35,36)/t8-,9-,10-,11?/m0/s1. The molecule has 0 fully saturated rings. The van der Waals surface area contributed by atoms with Crippen molar-refractivity contribution in [3.8, 4) is 0 Å². The summed E-state index contributed by atoms with van der Waals surface area (Å²) in [6, 6.07) is -4.39. The number of nitrogens with two attached hydrogens (primary N) is 1. The molecule has 17 nitrogen and oxygen atoms in total. The van der Waals surface area contributed by atoms with Crippen molar-refractivity contribution >= 4 is 59.3 Å². The van der Waals surface area contributed by atoms with E-state index in [0.717, 1.165) is 0 Å². The molecular weight excluding hydrogens is 524 g/mol. The second-order valence-corrected chi connectivity index (χ2v) is 8.71. The number of hydrogen-bond acceptors (Lipinski definition) is 10. The second-order valence-electron chi connectivity index (χ2n) is 7.47. The summed E-state index contributed by atoms with van der Waals surface area (Å²) in [5, 5.41) is 49.4. The molecule has 0 radical (unpaired) electrons. The molecule has 37 heavy (non-hydrogen) atoms. The molecule has 208 valence electrons. The number of nitrogens with one attached hydrogen (secondary N) is 3. The average molecular weight is 553 g/mol. The first-order valence-electron chi connectivity index (χ1n) is 10.5. The first kappa shape index (κ1) is 33.1. The average Bonchev–Trinajstić information content (AvgIpc) is 2.79. The van der Waals surface area contributed by atoms with Gasteiger partial charge < -0.3 is 47.2 Å². The van der Waals surface area contributed by atoms with E-state index in [1.54, 1.807) is 0 Å². The van der Waals surface area contributed by atoms with Gasteiger partial charge in [0.15, 0.2) is 0 Å². The molecule has 0 aromatic carbocycles. The quantitative estimate of drug-likeness (QED) is 0.0765. The molecule has 0 heterocycles. The van der Waals surface area contributed by atoms with Gasteiger partial charge in [0.2, 0.25) is 17.7 Å². The molecule has 0 bridgehead atoms. The van der Waals surface area contributed by atoms with Crippen molar-refractivity contribution in [3.05, 3.63) is 0 Å². The molecule has 0 aliphatic carbocycles. The number of amides is 3. The summed E-state index contributed by atoms with van der Waals surface area (Å²) >= 11 is 0.512. The van der Waals surface area contributed by atoms with E-state index in [2.05, 4.69) is 10.6 Å². The Bertz CT molecular complexity index is 897. The van der Waals surface area contributed by atoms with Crippen LogP contribution in [0.25, 0.3) is 0 Å². The van der Waals surface area contributed by atoms with E-state index in [0.29, 0.717) is 11.8 Å². The van der Waals surface area contributed by atoms with Crippen LogP contribution in [0.15, 0.2) is 0 Å². The van der Waals surface area contributed by atoms with E-state index in [1.165, 1.54) is 0 Å². The van der Waals surface area contributed by atoms with E-state index in [-0.39, 0.29) is 6.42 Å². The lowest BCUT2D eigenvalue weighted by Crippen LogP contribution is -2.50. The summed E-state index contributed by atoms with van der Waals surface area (Å²) in [6.07, 6.45) is -2.46. The first-order chi connectivity index (χ1) is 17.1. The zero-order chi connectivity index (χ0) is 28.7. The van der Waals surface area contributed by atoms with Gasteiger partial charge in [0.25, 0.3) is 0 Å². The van der Waals surface area contributed by atoms with E-state index in [4.69, 9.17) is 26.2 Å². The van der Waals surface area contributed by atoms with Crippen LogP contribution in [0.5, 0.6) is 0 Å². The largest absolute Gasteiger partial charge is 0.481 e. The van der Waals surface area contributed by atoms with Crippen molar-refractivity contribution in [1.29, 1.82) is 0 Å². The number of carbonyl (C=O) groups is 8. The minimum Gasteiger partial charge on any atom is -0.481 e. The van der Waals surface area contributed by atoms with Crippen LogP contribution in [0.1, 0.15) is 32.1 Å². The Kier molecular flexibility index (Phi) is 14.9. The summed E-state index contributed by atoms with van der Waals surface area (Å²) in [5.74, 6) is -10.4. The molecule has 3 amide bonds. The molecule has 0 aliphatic heterocycles. The molecule has 1 unspecified atom stereocenters. The van der Waals surface area contributed by atoms with Crippen molar-refractivity contribution in [2.24, 2.45) is 5.73 Å². The normalized spacial score (nSPS) is 13.8. The lowest BCUT2D eigenvalue weighted by molar-refractivity contribution is -0.143. The molecular formula is C19H28N4O13S. The molecule has 0 aromatic heterocycles. The smallest absolute Gasteiger partial charge is 0.326 e. The predicted octanol–water partition coefficient (Wildman–Crippen LogP) is -3.13. The highest BCUT2D eigenvalue weighted by Crippen LogP contribution is 2.17. The zero-order valence-corrected chi connectivity index (χ0v) is 20.1. The van der Waals surface area contributed by atoms with Crippen LogP contribution in [0, 0.1) is 0 Å². The summed E-state index contributed by atoms with van der Waals surface area (Å²) in [7, 11) is 0. The fraction of sp³-hybridized carbons (Fsp3) is 0.579. The van der Waals surface area contributed by atoms with Crippen molar-refractivity contribution in [3.63, 3.8) is 0 Å². The Morgan fingerprint density at radius 3 is 1.70 bits per heavy atom. The Labute approximate surface area is 213 Å². The number of thioether (sulfide) groups is 1. The highest BCUT2D eigenvalue weighted by Gasteiger charge is 2.28. The topological polar surface area (TPSA) is 300 Å². The number of rotatable bonds is 19. The minimum absolute atomic E-state index is 0.266. The highest BCUT2D eigenvalue weighted by molar-refractivity contribution is 8.00. The Morgan fingerprint density at radius 2 is 1.24 bits per heavy atom. The van der Waals surface area contributed by atoms with Gasteiger partial charge in [-0.15, -0.1) is 11.8 Å². The number of carboxylic acids is 5.